The topological polar surface area (TPSA) is 38.7 Å². The first-order chi connectivity index (χ1) is 20.8. The van der Waals surface area contributed by atoms with Crippen molar-refractivity contribution in [2.24, 2.45) is 0 Å². The summed E-state index contributed by atoms with van der Waals surface area (Å²) >= 11 is 1.89. The van der Waals surface area contributed by atoms with Crippen molar-refractivity contribution in [3.63, 3.8) is 0 Å². The first-order valence-corrected chi connectivity index (χ1v) is 15.6. The highest BCUT2D eigenvalue weighted by molar-refractivity contribution is 7.25. The minimum absolute atomic E-state index is 0.124. The average molecular weight is 574 g/mol. The van der Waals surface area contributed by atoms with Gasteiger partial charge in [-0.15, -0.1) is 11.3 Å². The van der Waals surface area contributed by atoms with E-state index in [0.717, 1.165) is 16.7 Å². The number of hydrogen-bond acceptors (Lipinski definition) is 4. The molecule has 0 aliphatic heterocycles. The summed E-state index contributed by atoms with van der Waals surface area (Å²) in [6, 6.07) is 40.6. The van der Waals surface area contributed by atoms with E-state index in [-0.39, 0.29) is 10.8 Å². The minimum Gasteiger partial charge on any atom is -0.208 e. The van der Waals surface area contributed by atoms with Crippen molar-refractivity contribution < 1.29 is 0 Å². The van der Waals surface area contributed by atoms with Crippen molar-refractivity contribution in [2.75, 3.05) is 0 Å². The zero-order chi connectivity index (χ0) is 29.3. The summed E-state index contributed by atoms with van der Waals surface area (Å²) in [6.07, 6.45) is 0. The van der Waals surface area contributed by atoms with Gasteiger partial charge in [0.05, 0.1) is 0 Å². The van der Waals surface area contributed by atoms with E-state index in [0.29, 0.717) is 17.5 Å². The zero-order valence-corrected chi connectivity index (χ0v) is 25.5. The standard InChI is InChI=1S/C39H31N3S/c1-38(2)30-23-26(37-41-35(24-13-7-5-8-14-24)40-36(42-37)25-15-9-6-10-16-25)19-20-27(30)28-21-22-32-33(34(28)39(38,3)4)29-17-11-12-18-31(29)43-32/h5-23H,1-4H3. The second kappa shape index (κ2) is 9.42. The largest absolute Gasteiger partial charge is 0.208 e. The second-order valence-electron chi connectivity index (χ2n) is 12.5. The Morgan fingerprint density at radius 1 is 0.488 bits per heavy atom. The van der Waals surface area contributed by atoms with Crippen LogP contribution in [0.25, 0.3) is 65.5 Å². The summed E-state index contributed by atoms with van der Waals surface area (Å²) in [5.41, 5.74) is 8.07. The van der Waals surface area contributed by atoms with Crippen LogP contribution in [0.15, 0.2) is 115 Å². The summed E-state index contributed by atoms with van der Waals surface area (Å²) in [5, 5.41) is 2.76. The van der Waals surface area contributed by atoms with E-state index in [1.165, 1.54) is 42.4 Å². The molecule has 4 heteroatoms. The average Bonchev–Trinajstić information content (AvgIpc) is 3.43. The van der Waals surface area contributed by atoms with Gasteiger partial charge >= 0.3 is 0 Å². The third kappa shape index (κ3) is 3.90. The Kier molecular flexibility index (Phi) is 5.69. The summed E-state index contributed by atoms with van der Waals surface area (Å²) in [5.74, 6) is 2.05. The molecule has 0 saturated carbocycles. The van der Waals surface area contributed by atoms with Crippen molar-refractivity contribution in [2.45, 2.75) is 38.5 Å². The van der Waals surface area contributed by atoms with Gasteiger partial charge in [-0.25, -0.2) is 15.0 Å². The molecule has 5 aromatic carbocycles. The number of hydrogen-bond donors (Lipinski definition) is 0. The molecule has 0 N–H and O–H groups in total. The van der Waals surface area contributed by atoms with Gasteiger partial charge in [0.2, 0.25) is 0 Å². The van der Waals surface area contributed by atoms with Gasteiger partial charge in [-0.2, -0.15) is 0 Å². The maximum absolute atomic E-state index is 5.02. The molecular weight excluding hydrogens is 543 g/mol. The van der Waals surface area contributed by atoms with Gasteiger partial charge in [0.1, 0.15) is 0 Å². The van der Waals surface area contributed by atoms with Crippen molar-refractivity contribution >= 4 is 31.5 Å². The Morgan fingerprint density at radius 3 is 1.70 bits per heavy atom. The molecule has 2 heterocycles. The predicted octanol–water partition coefficient (Wildman–Crippen LogP) is 10.5. The SMILES string of the molecule is CC1(C)c2cc(-c3nc(-c4ccccc4)nc(-c4ccccc4)n3)ccc2-c2ccc3sc4ccccc4c3c2C1(C)C. The highest BCUT2D eigenvalue weighted by atomic mass is 32.1. The lowest BCUT2D eigenvalue weighted by atomic mass is 9.54. The Balaban J connectivity index is 1.36. The molecule has 0 bridgehead atoms. The molecule has 8 rings (SSSR count). The molecule has 0 unspecified atom stereocenters. The van der Waals surface area contributed by atoms with Crippen LogP contribution in [0.4, 0.5) is 0 Å². The monoisotopic (exact) mass is 573 g/mol. The van der Waals surface area contributed by atoms with Gasteiger partial charge in [-0.1, -0.05) is 125 Å². The van der Waals surface area contributed by atoms with E-state index in [4.69, 9.17) is 15.0 Å². The minimum atomic E-state index is -0.153. The van der Waals surface area contributed by atoms with Crippen LogP contribution in [0.2, 0.25) is 0 Å². The smallest absolute Gasteiger partial charge is 0.164 e. The Bertz CT molecular complexity index is 2120. The molecule has 0 radical (unpaired) electrons. The van der Waals surface area contributed by atoms with Crippen molar-refractivity contribution in [3.8, 4) is 45.3 Å². The molecule has 2 aromatic heterocycles. The normalized spacial score (nSPS) is 14.9. The number of rotatable bonds is 3. The number of benzene rings is 5. The fourth-order valence-electron chi connectivity index (χ4n) is 6.71. The van der Waals surface area contributed by atoms with E-state index >= 15 is 0 Å². The Labute approximate surface area is 256 Å². The van der Waals surface area contributed by atoms with Crippen LogP contribution in [0.1, 0.15) is 38.8 Å². The lowest BCUT2D eigenvalue weighted by Gasteiger charge is -2.48. The molecule has 43 heavy (non-hydrogen) atoms. The quantitative estimate of drug-likeness (QED) is 0.211. The van der Waals surface area contributed by atoms with Gasteiger partial charge in [0, 0.05) is 42.3 Å². The molecule has 0 saturated heterocycles. The van der Waals surface area contributed by atoms with E-state index in [2.05, 4.69) is 107 Å². The molecule has 0 amide bonds. The van der Waals surface area contributed by atoms with Crippen molar-refractivity contribution in [1.29, 1.82) is 0 Å². The van der Waals surface area contributed by atoms with E-state index in [1.807, 2.05) is 47.7 Å². The molecule has 7 aromatic rings. The van der Waals surface area contributed by atoms with Crippen molar-refractivity contribution in [3.05, 3.63) is 126 Å². The Hall–Kier alpha value is -4.67. The van der Waals surface area contributed by atoms with Crippen molar-refractivity contribution in [1.82, 2.24) is 15.0 Å². The molecule has 1 aliphatic rings. The predicted molar refractivity (Wildman–Crippen MR) is 181 cm³/mol. The lowest BCUT2D eigenvalue weighted by Crippen LogP contribution is -2.43. The first kappa shape index (κ1) is 26.0. The third-order valence-corrected chi connectivity index (χ3v) is 10.8. The molecule has 0 fully saturated rings. The zero-order valence-electron chi connectivity index (χ0n) is 24.7. The molecule has 3 nitrogen and oxygen atoms in total. The second-order valence-corrected chi connectivity index (χ2v) is 13.6. The van der Waals surface area contributed by atoms with Gasteiger partial charge < -0.3 is 0 Å². The summed E-state index contributed by atoms with van der Waals surface area (Å²) in [4.78, 5) is 14.9. The van der Waals surface area contributed by atoms with E-state index < -0.39 is 0 Å². The molecular formula is C39H31N3S. The highest BCUT2D eigenvalue weighted by Gasteiger charge is 2.47. The summed E-state index contributed by atoms with van der Waals surface area (Å²) < 4.78 is 2.70. The molecule has 0 spiro atoms. The maximum Gasteiger partial charge on any atom is 0.164 e. The molecule has 208 valence electrons. The highest BCUT2D eigenvalue weighted by Crippen LogP contribution is 2.57. The van der Waals surface area contributed by atoms with Crippen LogP contribution in [-0.4, -0.2) is 15.0 Å². The number of fused-ring (bicyclic) bond motifs is 7. The Morgan fingerprint density at radius 2 is 1.05 bits per heavy atom. The summed E-state index contributed by atoms with van der Waals surface area (Å²) in [6.45, 7) is 9.61. The van der Waals surface area contributed by atoms with E-state index in [9.17, 15) is 0 Å². The van der Waals surface area contributed by atoms with Gasteiger partial charge in [-0.3, -0.25) is 0 Å². The third-order valence-electron chi connectivity index (χ3n) is 9.67. The van der Waals surface area contributed by atoms with Crippen LogP contribution >= 0.6 is 11.3 Å². The fourth-order valence-corrected chi connectivity index (χ4v) is 7.83. The van der Waals surface area contributed by atoms with Gasteiger partial charge in [-0.05, 0) is 45.9 Å². The first-order valence-electron chi connectivity index (χ1n) is 14.8. The number of nitrogens with zero attached hydrogens (tertiary/aromatic N) is 3. The molecule has 1 aliphatic carbocycles. The summed E-state index contributed by atoms with van der Waals surface area (Å²) in [7, 11) is 0. The number of thiophene rings is 1. The van der Waals surface area contributed by atoms with Gasteiger partial charge in [0.15, 0.2) is 17.5 Å². The lowest BCUT2D eigenvalue weighted by molar-refractivity contribution is 0.301. The molecule has 0 atom stereocenters. The van der Waals surface area contributed by atoms with E-state index in [1.54, 1.807) is 0 Å². The van der Waals surface area contributed by atoms with Gasteiger partial charge in [0.25, 0.3) is 0 Å². The van der Waals surface area contributed by atoms with Crippen LogP contribution in [0, 0.1) is 0 Å². The van der Waals surface area contributed by atoms with Crippen LogP contribution < -0.4 is 0 Å². The number of aromatic nitrogens is 3. The van der Waals surface area contributed by atoms with Crippen LogP contribution in [0.5, 0.6) is 0 Å². The fraction of sp³-hybridized carbons (Fsp3) is 0.154. The van der Waals surface area contributed by atoms with Crippen LogP contribution in [0.3, 0.4) is 0 Å². The van der Waals surface area contributed by atoms with Crippen LogP contribution in [-0.2, 0) is 10.8 Å². The maximum atomic E-state index is 5.02.